The Morgan fingerprint density at radius 1 is 1.16 bits per heavy atom. The molecule has 0 aliphatic carbocycles. The number of nitrogens with one attached hydrogen (secondary N) is 1. The average Bonchev–Trinajstić information content (AvgIpc) is 2.62. The lowest BCUT2D eigenvalue weighted by molar-refractivity contribution is 0.109. The number of hydrogen-bond donors (Lipinski definition) is 2. The molecule has 5 nitrogen and oxygen atoms in total. The minimum Gasteiger partial charge on any atom is -0.508 e. The molecule has 25 heavy (non-hydrogen) atoms. The first-order chi connectivity index (χ1) is 12.1. The maximum Gasteiger partial charge on any atom is 0.318 e. The molecule has 5 heteroatoms. The Hall–Kier alpha value is -2.53. The number of hydrogen-bond acceptors (Lipinski definition) is 3. The standard InChI is InChI=1S/C20H25N3O2/c1-22-12-13-23(19(15-22)17-7-3-2-4-8-17)20(25)21-11-10-16-6-5-9-18(24)14-16/h2-9,14,19,24H,10-13,15H2,1H3,(H,21,25)/t19-/m0/s1. The zero-order valence-corrected chi connectivity index (χ0v) is 14.6. The maximum absolute atomic E-state index is 12.7. The second kappa shape index (κ2) is 8.03. The Bertz CT molecular complexity index is 705. The largest absolute Gasteiger partial charge is 0.508 e. The average molecular weight is 339 g/mol. The van der Waals surface area contributed by atoms with E-state index in [1.165, 1.54) is 0 Å². The Balaban J connectivity index is 1.61. The number of phenols is 1. The topological polar surface area (TPSA) is 55.8 Å². The number of amides is 2. The number of aromatic hydroxyl groups is 1. The molecule has 2 aromatic rings. The number of benzene rings is 2. The molecule has 2 amide bonds. The van der Waals surface area contributed by atoms with Crippen molar-refractivity contribution in [2.75, 3.05) is 33.2 Å². The van der Waals surface area contributed by atoms with Crippen LogP contribution in [0.25, 0.3) is 0 Å². The van der Waals surface area contributed by atoms with Crippen molar-refractivity contribution in [3.05, 3.63) is 65.7 Å². The third-order valence-electron chi connectivity index (χ3n) is 4.63. The van der Waals surface area contributed by atoms with Crippen LogP contribution in [0.3, 0.4) is 0 Å². The third kappa shape index (κ3) is 4.51. The van der Waals surface area contributed by atoms with Crippen LogP contribution >= 0.6 is 0 Å². The lowest BCUT2D eigenvalue weighted by atomic mass is 10.0. The first kappa shape index (κ1) is 17.3. The zero-order valence-electron chi connectivity index (χ0n) is 14.6. The van der Waals surface area contributed by atoms with Crippen LogP contribution in [0.15, 0.2) is 54.6 Å². The number of carbonyl (C=O) groups excluding carboxylic acids is 1. The predicted octanol–water partition coefficient (Wildman–Crippen LogP) is 2.63. The number of rotatable bonds is 4. The smallest absolute Gasteiger partial charge is 0.318 e. The van der Waals surface area contributed by atoms with E-state index >= 15 is 0 Å². The summed E-state index contributed by atoms with van der Waals surface area (Å²) in [6, 6.07) is 17.4. The van der Waals surface area contributed by atoms with Crippen LogP contribution in [0.1, 0.15) is 17.2 Å². The van der Waals surface area contributed by atoms with Gasteiger partial charge in [0.25, 0.3) is 0 Å². The second-order valence-corrected chi connectivity index (χ2v) is 6.53. The molecule has 1 aliphatic heterocycles. The highest BCUT2D eigenvalue weighted by molar-refractivity contribution is 5.75. The molecular formula is C20H25N3O2. The summed E-state index contributed by atoms with van der Waals surface area (Å²) in [4.78, 5) is 16.9. The van der Waals surface area contributed by atoms with Crippen molar-refractivity contribution >= 4 is 6.03 Å². The molecule has 132 valence electrons. The highest BCUT2D eigenvalue weighted by atomic mass is 16.3. The van der Waals surface area contributed by atoms with Gasteiger partial charge in [0, 0.05) is 26.2 Å². The van der Waals surface area contributed by atoms with E-state index in [9.17, 15) is 9.90 Å². The van der Waals surface area contributed by atoms with E-state index in [0.717, 1.165) is 24.2 Å². The van der Waals surface area contributed by atoms with Crippen molar-refractivity contribution < 1.29 is 9.90 Å². The molecule has 0 saturated carbocycles. The number of phenolic OH excluding ortho intramolecular Hbond substituents is 1. The van der Waals surface area contributed by atoms with Gasteiger partial charge in [-0.1, -0.05) is 42.5 Å². The van der Waals surface area contributed by atoms with Gasteiger partial charge in [0.15, 0.2) is 0 Å². The van der Waals surface area contributed by atoms with Crippen LogP contribution in [0.2, 0.25) is 0 Å². The Labute approximate surface area is 148 Å². The quantitative estimate of drug-likeness (QED) is 0.900. The van der Waals surface area contributed by atoms with Crippen molar-refractivity contribution in [3.8, 4) is 5.75 Å². The first-order valence-electron chi connectivity index (χ1n) is 8.69. The van der Waals surface area contributed by atoms with Crippen molar-refractivity contribution in [1.82, 2.24) is 15.1 Å². The number of likely N-dealkylation sites (N-methyl/N-ethyl adjacent to an activating group) is 1. The highest BCUT2D eigenvalue weighted by Gasteiger charge is 2.29. The normalized spacial score (nSPS) is 18.1. The zero-order chi connectivity index (χ0) is 17.6. The Morgan fingerprint density at radius 2 is 1.96 bits per heavy atom. The maximum atomic E-state index is 12.7. The van der Waals surface area contributed by atoms with Crippen LogP contribution < -0.4 is 5.32 Å². The molecule has 3 rings (SSSR count). The van der Waals surface area contributed by atoms with Crippen LogP contribution in [0.4, 0.5) is 4.79 Å². The molecule has 1 heterocycles. The summed E-state index contributed by atoms with van der Waals surface area (Å²) in [6.07, 6.45) is 0.698. The van der Waals surface area contributed by atoms with Crippen molar-refractivity contribution in [2.45, 2.75) is 12.5 Å². The number of nitrogens with zero attached hydrogens (tertiary/aromatic N) is 2. The van der Waals surface area contributed by atoms with Crippen molar-refractivity contribution in [1.29, 1.82) is 0 Å². The van der Waals surface area contributed by atoms with Gasteiger partial charge in [-0.05, 0) is 36.7 Å². The van der Waals surface area contributed by atoms with Crippen molar-refractivity contribution in [3.63, 3.8) is 0 Å². The SMILES string of the molecule is CN1CCN(C(=O)NCCc2cccc(O)c2)[C@H](c2ccccc2)C1. The molecule has 0 aromatic heterocycles. The van der Waals surface area contributed by atoms with Crippen LogP contribution in [0, 0.1) is 0 Å². The fourth-order valence-electron chi connectivity index (χ4n) is 3.25. The van der Waals surface area contributed by atoms with Crippen LogP contribution in [0.5, 0.6) is 5.75 Å². The van der Waals surface area contributed by atoms with Crippen LogP contribution in [-0.4, -0.2) is 54.2 Å². The van der Waals surface area contributed by atoms with E-state index in [1.807, 2.05) is 35.2 Å². The number of carbonyl (C=O) groups is 1. The summed E-state index contributed by atoms with van der Waals surface area (Å²) in [7, 11) is 2.09. The van der Waals surface area contributed by atoms with Gasteiger partial charge in [0.2, 0.25) is 0 Å². The highest BCUT2D eigenvalue weighted by Crippen LogP contribution is 2.24. The first-order valence-corrected chi connectivity index (χ1v) is 8.69. The van der Waals surface area contributed by atoms with Gasteiger partial charge in [-0.3, -0.25) is 0 Å². The molecule has 0 unspecified atom stereocenters. The molecule has 1 saturated heterocycles. The second-order valence-electron chi connectivity index (χ2n) is 6.53. The summed E-state index contributed by atoms with van der Waals surface area (Å²) in [5, 5.41) is 12.5. The number of urea groups is 1. The van der Waals surface area contributed by atoms with Crippen LogP contribution in [-0.2, 0) is 6.42 Å². The minimum absolute atomic E-state index is 0.0258. The molecule has 2 aromatic carbocycles. The molecule has 0 spiro atoms. The van der Waals surface area contributed by atoms with Gasteiger partial charge in [0.1, 0.15) is 5.75 Å². The molecular weight excluding hydrogens is 314 g/mol. The van der Waals surface area contributed by atoms with E-state index in [0.29, 0.717) is 19.5 Å². The Morgan fingerprint density at radius 3 is 2.72 bits per heavy atom. The summed E-state index contributed by atoms with van der Waals surface area (Å²) >= 11 is 0. The van der Waals surface area contributed by atoms with E-state index in [1.54, 1.807) is 12.1 Å². The lowest BCUT2D eigenvalue weighted by Gasteiger charge is -2.40. The van der Waals surface area contributed by atoms with E-state index in [2.05, 4.69) is 29.4 Å². The number of piperazine rings is 1. The van der Waals surface area contributed by atoms with Crippen molar-refractivity contribution in [2.24, 2.45) is 0 Å². The predicted molar refractivity (Wildman–Crippen MR) is 98.6 cm³/mol. The summed E-state index contributed by atoms with van der Waals surface area (Å²) < 4.78 is 0. The molecule has 1 atom stereocenters. The fourth-order valence-corrected chi connectivity index (χ4v) is 3.25. The van der Waals surface area contributed by atoms with Gasteiger partial charge in [-0.2, -0.15) is 0 Å². The molecule has 0 radical (unpaired) electrons. The van der Waals surface area contributed by atoms with Gasteiger partial charge < -0.3 is 20.2 Å². The third-order valence-corrected chi connectivity index (χ3v) is 4.63. The molecule has 1 aliphatic rings. The molecule has 2 N–H and O–H groups in total. The summed E-state index contributed by atoms with van der Waals surface area (Å²) in [6.45, 7) is 2.98. The van der Waals surface area contributed by atoms with Gasteiger partial charge >= 0.3 is 6.03 Å². The van der Waals surface area contributed by atoms with Gasteiger partial charge in [0.05, 0.1) is 6.04 Å². The Kier molecular flexibility index (Phi) is 5.56. The fraction of sp³-hybridized carbons (Fsp3) is 0.350. The van der Waals surface area contributed by atoms with E-state index in [4.69, 9.17) is 0 Å². The van der Waals surface area contributed by atoms with Gasteiger partial charge in [-0.25, -0.2) is 4.79 Å². The van der Waals surface area contributed by atoms with Gasteiger partial charge in [-0.15, -0.1) is 0 Å². The lowest BCUT2D eigenvalue weighted by Crippen LogP contribution is -2.52. The minimum atomic E-state index is -0.0258. The van der Waals surface area contributed by atoms with E-state index in [-0.39, 0.29) is 17.8 Å². The summed E-state index contributed by atoms with van der Waals surface area (Å²) in [5.41, 5.74) is 2.18. The molecule has 1 fully saturated rings. The monoisotopic (exact) mass is 339 g/mol. The summed E-state index contributed by atoms with van der Waals surface area (Å²) in [5.74, 6) is 0.257. The molecule has 0 bridgehead atoms. The van der Waals surface area contributed by atoms with E-state index < -0.39 is 0 Å².